The SMILES string of the molecule is Cc1c(C(=O)O)c(=O)n2ncc(Br)c2n1C. The quantitative estimate of drug-likeness (QED) is 0.841. The van der Waals surface area contributed by atoms with Crippen LogP contribution in [0.5, 0.6) is 0 Å². The number of rotatable bonds is 1. The zero-order chi connectivity index (χ0) is 12.0. The summed E-state index contributed by atoms with van der Waals surface area (Å²) in [6, 6.07) is 0. The minimum atomic E-state index is -1.24. The highest BCUT2D eigenvalue weighted by Gasteiger charge is 2.19. The number of halogens is 1. The van der Waals surface area contributed by atoms with Gasteiger partial charge in [0.1, 0.15) is 5.56 Å². The van der Waals surface area contributed by atoms with E-state index in [1.54, 1.807) is 18.5 Å². The smallest absolute Gasteiger partial charge is 0.343 e. The first-order valence-electron chi connectivity index (χ1n) is 4.41. The molecule has 2 aromatic rings. The van der Waals surface area contributed by atoms with Gasteiger partial charge in [0.2, 0.25) is 0 Å². The van der Waals surface area contributed by atoms with Crippen LogP contribution in [-0.2, 0) is 7.05 Å². The van der Waals surface area contributed by atoms with Crippen molar-refractivity contribution in [2.75, 3.05) is 0 Å². The van der Waals surface area contributed by atoms with Crippen molar-refractivity contribution in [2.45, 2.75) is 6.92 Å². The molecule has 7 heteroatoms. The van der Waals surface area contributed by atoms with Gasteiger partial charge in [0.25, 0.3) is 5.56 Å². The number of hydrogen-bond acceptors (Lipinski definition) is 3. The van der Waals surface area contributed by atoms with Gasteiger partial charge in [-0.25, -0.2) is 4.79 Å². The lowest BCUT2D eigenvalue weighted by molar-refractivity contribution is 0.0692. The van der Waals surface area contributed by atoms with Crippen molar-refractivity contribution in [1.29, 1.82) is 0 Å². The molecule has 16 heavy (non-hydrogen) atoms. The molecule has 2 rings (SSSR count). The maximum atomic E-state index is 11.8. The number of aryl methyl sites for hydroxylation is 1. The summed E-state index contributed by atoms with van der Waals surface area (Å²) >= 11 is 3.26. The number of nitrogens with zero attached hydrogens (tertiary/aromatic N) is 3. The molecule has 6 nitrogen and oxygen atoms in total. The van der Waals surface area contributed by atoms with E-state index in [1.807, 2.05) is 0 Å². The van der Waals surface area contributed by atoms with Crippen molar-refractivity contribution in [3.63, 3.8) is 0 Å². The molecule has 1 N–H and O–H groups in total. The minimum Gasteiger partial charge on any atom is -0.477 e. The van der Waals surface area contributed by atoms with Crippen molar-refractivity contribution in [3.8, 4) is 0 Å². The lowest BCUT2D eigenvalue weighted by atomic mass is 10.2. The second-order valence-electron chi connectivity index (χ2n) is 3.36. The normalized spacial score (nSPS) is 10.9. The number of carbonyl (C=O) groups is 1. The van der Waals surface area contributed by atoms with Crippen molar-refractivity contribution in [1.82, 2.24) is 14.2 Å². The third-order valence-corrected chi connectivity index (χ3v) is 3.06. The van der Waals surface area contributed by atoms with Crippen molar-refractivity contribution in [3.05, 3.63) is 32.3 Å². The average Bonchev–Trinajstić information content (AvgIpc) is 2.57. The summed E-state index contributed by atoms with van der Waals surface area (Å²) in [5.74, 6) is -1.24. The molecule has 0 aliphatic carbocycles. The van der Waals surface area contributed by atoms with Crippen LogP contribution < -0.4 is 5.56 Å². The fourth-order valence-electron chi connectivity index (χ4n) is 1.61. The van der Waals surface area contributed by atoms with Gasteiger partial charge in [0.05, 0.1) is 10.7 Å². The van der Waals surface area contributed by atoms with E-state index in [2.05, 4.69) is 21.0 Å². The van der Waals surface area contributed by atoms with Gasteiger partial charge in [0.15, 0.2) is 5.65 Å². The molecule has 0 spiro atoms. The van der Waals surface area contributed by atoms with Crippen molar-refractivity contribution >= 4 is 27.5 Å². The van der Waals surface area contributed by atoms with Crippen LogP contribution in [-0.4, -0.2) is 25.3 Å². The highest BCUT2D eigenvalue weighted by molar-refractivity contribution is 9.10. The lowest BCUT2D eigenvalue weighted by Crippen LogP contribution is -2.27. The lowest BCUT2D eigenvalue weighted by Gasteiger charge is -2.09. The number of aromatic carboxylic acids is 1. The Labute approximate surface area is 98.2 Å². The van der Waals surface area contributed by atoms with Crippen molar-refractivity contribution in [2.24, 2.45) is 7.05 Å². The summed E-state index contributed by atoms with van der Waals surface area (Å²) in [7, 11) is 1.68. The van der Waals surface area contributed by atoms with Crippen LogP contribution in [0.1, 0.15) is 16.1 Å². The summed E-state index contributed by atoms with van der Waals surface area (Å²) < 4.78 is 3.33. The van der Waals surface area contributed by atoms with Gasteiger partial charge < -0.3 is 9.67 Å². The number of aromatic nitrogens is 3. The van der Waals surface area contributed by atoms with E-state index in [0.29, 0.717) is 15.8 Å². The van der Waals surface area contributed by atoms with E-state index < -0.39 is 11.5 Å². The maximum absolute atomic E-state index is 11.8. The first-order chi connectivity index (χ1) is 7.45. The van der Waals surface area contributed by atoms with Gasteiger partial charge in [0, 0.05) is 12.7 Å². The largest absolute Gasteiger partial charge is 0.477 e. The third kappa shape index (κ3) is 1.28. The Kier molecular flexibility index (Phi) is 2.34. The van der Waals surface area contributed by atoms with E-state index in [4.69, 9.17) is 5.11 Å². The fraction of sp³-hybridized carbons (Fsp3) is 0.222. The van der Waals surface area contributed by atoms with Gasteiger partial charge >= 0.3 is 5.97 Å². The van der Waals surface area contributed by atoms with Gasteiger partial charge in [-0.05, 0) is 22.9 Å². The molecule has 0 unspecified atom stereocenters. The van der Waals surface area contributed by atoms with Gasteiger partial charge in [-0.3, -0.25) is 4.79 Å². The molecule has 0 saturated heterocycles. The van der Waals surface area contributed by atoms with Crippen LogP contribution in [0, 0.1) is 6.92 Å². The second kappa shape index (κ2) is 3.44. The van der Waals surface area contributed by atoms with Crippen LogP contribution in [0.25, 0.3) is 5.65 Å². The zero-order valence-electron chi connectivity index (χ0n) is 8.56. The van der Waals surface area contributed by atoms with Gasteiger partial charge in [-0.2, -0.15) is 9.61 Å². The Bertz CT molecular complexity index is 656. The first kappa shape index (κ1) is 10.9. The third-order valence-electron chi connectivity index (χ3n) is 2.50. The van der Waals surface area contributed by atoms with E-state index in [-0.39, 0.29) is 5.56 Å². The predicted molar refractivity (Wildman–Crippen MR) is 59.8 cm³/mol. The zero-order valence-corrected chi connectivity index (χ0v) is 10.1. The molecule has 2 aromatic heterocycles. The van der Waals surface area contributed by atoms with Crippen LogP contribution in [0.2, 0.25) is 0 Å². The first-order valence-corrected chi connectivity index (χ1v) is 5.20. The molecule has 0 amide bonds. The molecule has 0 aliphatic heterocycles. The van der Waals surface area contributed by atoms with Crippen molar-refractivity contribution < 1.29 is 9.90 Å². The topological polar surface area (TPSA) is 76.6 Å². The molecule has 0 bridgehead atoms. The number of carboxylic acids is 1. The molecule has 0 aliphatic rings. The Hall–Kier alpha value is -1.63. The van der Waals surface area contributed by atoms with Gasteiger partial charge in [-0.15, -0.1) is 0 Å². The summed E-state index contributed by atoms with van der Waals surface area (Å²) in [5, 5.41) is 12.8. The molecule has 0 saturated carbocycles. The highest BCUT2D eigenvalue weighted by Crippen LogP contribution is 2.17. The van der Waals surface area contributed by atoms with Crippen LogP contribution >= 0.6 is 15.9 Å². The molecule has 0 aromatic carbocycles. The summed E-state index contributed by atoms with van der Waals surface area (Å²) in [6.45, 7) is 1.59. The van der Waals surface area contributed by atoms with E-state index >= 15 is 0 Å². The minimum absolute atomic E-state index is 0.259. The molecular weight excluding hydrogens is 278 g/mol. The van der Waals surface area contributed by atoms with E-state index in [0.717, 1.165) is 4.52 Å². The Balaban J connectivity index is 3.08. The average molecular weight is 286 g/mol. The molecule has 84 valence electrons. The Morgan fingerprint density at radius 3 is 2.75 bits per heavy atom. The maximum Gasteiger partial charge on any atom is 0.343 e. The fourth-order valence-corrected chi connectivity index (χ4v) is 2.13. The summed E-state index contributed by atoms with van der Waals surface area (Å²) in [5.41, 5.74) is 0.0492. The van der Waals surface area contributed by atoms with Gasteiger partial charge in [-0.1, -0.05) is 0 Å². The molecule has 2 heterocycles. The number of carboxylic acid groups (broad SMARTS) is 1. The Morgan fingerprint density at radius 1 is 1.56 bits per heavy atom. The molecular formula is C9H8BrN3O3. The highest BCUT2D eigenvalue weighted by atomic mass is 79.9. The Morgan fingerprint density at radius 2 is 2.19 bits per heavy atom. The van der Waals surface area contributed by atoms with Crippen LogP contribution in [0.3, 0.4) is 0 Å². The summed E-state index contributed by atoms with van der Waals surface area (Å²) in [4.78, 5) is 22.8. The summed E-state index contributed by atoms with van der Waals surface area (Å²) in [6.07, 6.45) is 1.46. The van der Waals surface area contributed by atoms with E-state index in [9.17, 15) is 9.59 Å². The molecule has 0 atom stereocenters. The van der Waals surface area contributed by atoms with Crippen LogP contribution in [0.4, 0.5) is 0 Å². The second-order valence-corrected chi connectivity index (χ2v) is 4.21. The molecule has 0 radical (unpaired) electrons. The predicted octanol–water partition coefficient (Wildman–Crippen LogP) is 0.802. The van der Waals surface area contributed by atoms with E-state index in [1.165, 1.54) is 6.20 Å². The standard InChI is InChI=1S/C9H8BrN3O3/c1-4-6(9(15)16)8(14)13-7(12(4)2)5(10)3-11-13/h3H,1-2H3,(H,15,16). The molecule has 0 fully saturated rings. The number of fused-ring (bicyclic) bond motifs is 1. The van der Waals surface area contributed by atoms with Crippen LogP contribution in [0.15, 0.2) is 15.5 Å². The number of hydrogen-bond donors (Lipinski definition) is 1. The monoisotopic (exact) mass is 285 g/mol.